The highest BCUT2D eigenvalue weighted by atomic mass is 19.1. The van der Waals surface area contributed by atoms with E-state index in [1.54, 1.807) is 36.1 Å². The molecule has 2 N–H and O–H groups in total. The van der Waals surface area contributed by atoms with E-state index in [0.29, 0.717) is 42.2 Å². The summed E-state index contributed by atoms with van der Waals surface area (Å²) in [6.07, 6.45) is 8.16. The lowest BCUT2D eigenvalue weighted by Crippen LogP contribution is -2.46. The van der Waals surface area contributed by atoms with E-state index in [1.165, 1.54) is 18.9 Å². The molecule has 0 bridgehead atoms. The van der Waals surface area contributed by atoms with Crippen molar-refractivity contribution in [3.63, 3.8) is 0 Å². The lowest BCUT2D eigenvalue weighted by atomic mass is 9.83. The monoisotopic (exact) mass is 593 g/mol. The zero-order valence-electron chi connectivity index (χ0n) is 25.3. The number of aryl methyl sites for hydroxylation is 1. The lowest BCUT2D eigenvalue weighted by molar-refractivity contribution is -0.123. The summed E-state index contributed by atoms with van der Waals surface area (Å²) in [5.41, 5.74) is 4.54. The molecule has 228 valence electrons. The maximum absolute atomic E-state index is 15.0. The second-order valence-electron chi connectivity index (χ2n) is 12.4. The largest absolute Gasteiger partial charge is 0.382 e. The molecule has 44 heavy (non-hydrogen) atoms. The molecule has 2 aliphatic heterocycles. The Hall–Kier alpha value is -4.38. The van der Waals surface area contributed by atoms with Crippen LogP contribution in [0.2, 0.25) is 0 Å². The van der Waals surface area contributed by atoms with Gasteiger partial charge in [-0.3, -0.25) is 9.59 Å². The van der Waals surface area contributed by atoms with Crippen LogP contribution in [0.4, 0.5) is 21.5 Å². The van der Waals surface area contributed by atoms with Crippen molar-refractivity contribution in [1.82, 2.24) is 4.90 Å². The zero-order chi connectivity index (χ0) is 30.6. The zero-order valence-corrected chi connectivity index (χ0v) is 25.3. The first kappa shape index (κ1) is 29.7. The fourth-order valence-electron chi connectivity index (χ4n) is 7.20. The Morgan fingerprint density at radius 2 is 1.61 bits per heavy atom. The molecule has 3 aromatic rings. The van der Waals surface area contributed by atoms with E-state index in [9.17, 15) is 14.9 Å². The van der Waals surface area contributed by atoms with Crippen molar-refractivity contribution in [3.8, 4) is 6.07 Å². The van der Waals surface area contributed by atoms with Gasteiger partial charge in [0.15, 0.2) is 0 Å². The molecule has 6 rings (SSSR count). The number of piperidine rings is 1. The van der Waals surface area contributed by atoms with Crippen LogP contribution in [-0.2, 0) is 4.79 Å². The Bertz CT molecular complexity index is 1530. The standard InChI is InChI=1S/C36H40FN5O2/c1-24-8-6-12-31(37)33(24)36(44)42-21-7-11-30(34(42)25-13-16-28(17-14-25)39-27-9-2-3-10-27)35(43)40-29-18-15-26(23-38)32(22-29)41-19-4-5-20-41/h6,8,12-18,22,27,30,34,39H,2-5,7,9-11,19-21H2,1H3,(H,40,43)/t30-,34-/m0/s1. The van der Waals surface area contributed by atoms with Crippen LogP contribution in [0.3, 0.4) is 0 Å². The number of nitriles is 1. The highest BCUT2D eigenvalue weighted by molar-refractivity contribution is 5.98. The summed E-state index contributed by atoms with van der Waals surface area (Å²) in [6, 6.07) is 20.3. The molecule has 0 unspecified atom stereocenters. The van der Waals surface area contributed by atoms with Gasteiger partial charge in [-0.05, 0) is 93.0 Å². The number of rotatable bonds is 7. The molecule has 0 spiro atoms. The summed E-state index contributed by atoms with van der Waals surface area (Å²) < 4.78 is 15.0. The molecular weight excluding hydrogens is 553 g/mol. The Morgan fingerprint density at radius 3 is 2.32 bits per heavy atom. The molecule has 7 nitrogen and oxygen atoms in total. The fraction of sp³-hybridized carbons (Fsp3) is 0.417. The summed E-state index contributed by atoms with van der Waals surface area (Å²) >= 11 is 0. The van der Waals surface area contributed by atoms with E-state index in [1.807, 2.05) is 30.3 Å². The number of halogens is 1. The number of likely N-dealkylation sites (tertiary alicyclic amines) is 1. The van der Waals surface area contributed by atoms with Crippen LogP contribution in [0.5, 0.6) is 0 Å². The summed E-state index contributed by atoms with van der Waals surface area (Å²) in [5.74, 6) is -1.68. The van der Waals surface area contributed by atoms with Gasteiger partial charge >= 0.3 is 0 Å². The minimum atomic E-state index is -0.563. The molecule has 1 saturated carbocycles. The lowest BCUT2D eigenvalue weighted by Gasteiger charge is -2.41. The van der Waals surface area contributed by atoms with Gasteiger partial charge in [-0.15, -0.1) is 0 Å². The summed E-state index contributed by atoms with van der Waals surface area (Å²) in [7, 11) is 0. The molecule has 8 heteroatoms. The number of benzene rings is 3. The Kier molecular flexibility index (Phi) is 8.83. The molecule has 2 saturated heterocycles. The van der Waals surface area contributed by atoms with Crippen molar-refractivity contribution in [1.29, 1.82) is 5.26 Å². The van der Waals surface area contributed by atoms with Crippen LogP contribution in [-0.4, -0.2) is 42.4 Å². The van der Waals surface area contributed by atoms with Crippen molar-refractivity contribution in [3.05, 3.63) is 88.7 Å². The molecule has 0 aromatic heterocycles. The molecule has 3 aromatic carbocycles. The number of amides is 2. The first-order valence-electron chi connectivity index (χ1n) is 16.0. The minimum Gasteiger partial charge on any atom is -0.382 e. The van der Waals surface area contributed by atoms with Crippen LogP contribution in [0.25, 0.3) is 0 Å². The highest BCUT2D eigenvalue weighted by Crippen LogP contribution is 2.39. The number of anilines is 3. The molecule has 2 atom stereocenters. The first-order valence-corrected chi connectivity index (χ1v) is 16.0. The van der Waals surface area contributed by atoms with Gasteiger partial charge in [0, 0.05) is 37.1 Å². The van der Waals surface area contributed by atoms with Gasteiger partial charge in [0.05, 0.1) is 28.8 Å². The maximum atomic E-state index is 15.0. The smallest absolute Gasteiger partial charge is 0.257 e. The topological polar surface area (TPSA) is 88.5 Å². The molecule has 3 aliphatic rings. The van der Waals surface area contributed by atoms with Gasteiger partial charge in [-0.1, -0.05) is 37.1 Å². The average molecular weight is 594 g/mol. The van der Waals surface area contributed by atoms with Gasteiger partial charge < -0.3 is 20.4 Å². The van der Waals surface area contributed by atoms with E-state index in [2.05, 4.69) is 21.6 Å². The number of nitrogens with zero attached hydrogens (tertiary/aromatic N) is 3. The Morgan fingerprint density at radius 1 is 0.886 bits per heavy atom. The fourth-order valence-corrected chi connectivity index (χ4v) is 7.20. The van der Waals surface area contributed by atoms with Crippen molar-refractivity contribution in [2.45, 2.75) is 70.4 Å². The van der Waals surface area contributed by atoms with E-state index < -0.39 is 23.7 Å². The second-order valence-corrected chi connectivity index (χ2v) is 12.4. The SMILES string of the molecule is Cc1cccc(F)c1C(=O)N1CCC[C@H](C(=O)Nc2ccc(C#N)c(N3CCCC3)c2)[C@@H]1c1ccc(NC2CCCC2)cc1. The summed E-state index contributed by atoms with van der Waals surface area (Å²) in [5, 5.41) is 16.4. The van der Waals surface area contributed by atoms with Gasteiger partial charge in [-0.2, -0.15) is 5.26 Å². The van der Waals surface area contributed by atoms with Gasteiger partial charge in [0.2, 0.25) is 5.91 Å². The highest BCUT2D eigenvalue weighted by Gasteiger charge is 2.40. The predicted molar refractivity (Wildman–Crippen MR) is 171 cm³/mol. The van der Waals surface area contributed by atoms with E-state index in [4.69, 9.17) is 0 Å². The van der Waals surface area contributed by atoms with E-state index >= 15 is 4.39 Å². The third-order valence-corrected chi connectivity index (χ3v) is 9.48. The normalized spacial score (nSPS) is 20.4. The van der Waals surface area contributed by atoms with Gasteiger partial charge in [0.25, 0.3) is 5.91 Å². The van der Waals surface area contributed by atoms with Crippen LogP contribution < -0.4 is 15.5 Å². The predicted octanol–water partition coefficient (Wildman–Crippen LogP) is 7.19. The average Bonchev–Trinajstić information content (AvgIpc) is 3.76. The van der Waals surface area contributed by atoms with Crippen molar-refractivity contribution in [2.75, 3.05) is 35.2 Å². The summed E-state index contributed by atoms with van der Waals surface area (Å²) in [4.78, 5) is 32.0. The van der Waals surface area contributed by atoms with Crippen LogP contribution in [0.15, 0.2) is 60.7 Å². The van der Waals surface area contributed by atoms with Crippen molar-refractivity contribution >= 4 is 28.9 Å². The number of nitrogens with one attached hydrogen (secondary N) is 2. The molecule has 1 aliphatic carbocycles. The minimum absolute atomic E-state index is 0.0559. The first-order chi connectivity index (χ1) is 21.4. The number of hydrogen-bond acceptors (Lipinski definition) is 5. The van der Waals surface area contributed by atoms with Crippen molar-refractivity contribution < 1.29 is 14.0 Å². The van der Waals surface area contributed by atoms with Gasteiger partial charge in [0.1, 0.15) is 11.9 Å². The Labute approximate surface area is 259 Å². The molecule has 3 fully saturated rings. The molecule has 2 heterocycles. The third kappa shape index (κ3) is 6.14. The molecule has 0 radical (unpaired) electrons. The van der Waals surface area contributed by atoms with Gasteiger partial charge in [-0.25, -0.2) is 4.39 Å². The summed E-state index contributed by atoms with van der Waals surface area (Å²) in [6.45, 7) is 3.94. The number of hydrogen-bond donors (Lipinski definition) is 2. The second kappa shape index (κ2) is 13.1. The van der Waals surface area contributed by atoms with Crippen LogP contribution in [0.1, 0.15) is 84.5 Å². The number of carbonyl (C=O) groups excluding carboxylic acids is 2. The quantitative estimate of drug-likeness (QED) is 0.303. The number of carbonyl (C=O) groups is 2. The maximum Gasteiger partial charge on any atom is 0.257 e. The Balaban J connectivity index is 1.31. The van der Waals surface area contributed by atoms with Crippen LogP contribution >= 0.6 is 0 Å². The van der Waals surface area contributed by atoms with E-state index in [-0.39, 0.29) is 11.5 Å². The molecule has 2 amide bonds. The molecular formula is C36H40FN5O2. The van der Waals surface area contributed by atoms with Crippen molar-refractivity contribution in [2.24, 2.45) is 5.92 Å². The van der Waals surface area contributed by atoms with Crippen LogP contribution in [0, 0.1) is 30.0 Å². The third-order valence-electron chi connectivity index (χ3n) is 9.48. The van der Waals surface area contributed by atoms with E-state index in [0.717, 1.165) is 55.7 Å².